The maximum Gasteiger partial charge on any atom is 0.246 e. The van der Waals surface area contributed by atoms with Crippen LogP contribution in [-0.2, 0) is 52.7 Å². The fraction of sp³-hybridized carbons (Fsp3) is 0.785. The van der Waals surface area contributed by atoms with Crippen molar-refractivity contribution in [2.24, 2.45) is 41.4 Å². The number of nitrogens with one attached hydrogen (secondary N) is 4. The van der Waals surface area contributed by atoms with Gasteiger partial charge in [-0.3, -0.25) is 52.7 Å². The first-order chi connectivity index (χ1) is 41.2. The van der Waals surface area contributed by atoms with Crippen LogP contribution in [0, 0.1) is 48.0 Å². The molecule has 1 fully saturated rings. The molecule has 0 aromatic heterocycles. The van der Waals surface area contributed by atoms with Gasteiger partial charge in [-0.05, 0) is 100 Å². The van der Waals surface area contributed by atoms with Gasteiger partial charge in [0.2, 0.25) is 71.5 Å². The van der Waals surface area contributed by atoms with Crippen molar-refractivity contribution in [2.45, 2.75) is 229 Å². The Kier molecular flexibility index (Phi) is 33.9. The topological polar surface area (TPSA) is 283 Å². The number of hydrogen-bond donors (Lipinski definition) is 5. The van der Waals surface area contributed by atoms with Crippen LogP contribution in [0.2, 0.25) is 0 Å². The molecule has 1 heterocycles. The van der Waals surface area contributed by atoms with E-state index in [4.69, 9.17) is 6.57 Å². The molecule has 0 spiro atoms. The molecule has 24 heteroatoms. The summed E-state index contributed by atoms with van der Waals surface area (Å²) in [7, 11) is 9.87. The minimum Gasteiger partial charge on any atom is -0.390 e. The Balaban J connectivity index is 4.35. The van der Waals surface area contributed by atoms with Crippen molar-refractivity contribution in [3.8, 4) is 0 Å². The van der Waals surface area contributed by atoms with Crippen LogP contribution in [0.3, 0.4) is 0 Å². The zero-order chi connectivity index (χ0) is 68.8. The Bertz CT molecular complexity index is 2480. The van der Waals surface area contributed by atoms with Gasteiger partial charge < -0.3 is 65.5 Å². The lowest BCUT2D eigenvalue weighted by molar-refractivity contribution is -0.157. The van der Waals surface area contributed by atoms with Crippen LogP contribution in [0.25, 0.3) is 4.85 Å². The standard InChI is InChI=1S/C65H114N12O12/c1-25-46-61(85)71(18)36-51(78)72(19)47(32-37(2)3)58(82)70-52(41(10)11)64(88)73(20)48(33-38(4)5)57(81)67-44(15)56(80)68-45(16)60(84)74(21)49(34-39(6)7)62(86)75(22)50(35-40(8)9)63(87)76(23)53(42(12)13)65(89)77(24)54(59(83)69-46)55(79)43(14)30-28-26-27-29-31-66-17/h26,28,37-50,52-55,79H,25,27,29-36H2,1-16,18-24H3,(H,67,81)(H,68,80)(H,69,83)(H,70,82)/b28-26+/t43-,44+,45-,46+,47+,48+,49+,50+,52+,53+,54+,55-/m1/s1. The largest absolute Gasteiger partial charge is 0.390 e. The number of carbonyl (C=O) groups excluding carboxylic acids is 11. The van der Waals surface area contributed by atoms with E-state index in [1.54, 1.807) is 41.5 Å². The van der Waals surface area contributed by atoms with Gasteiger partial charge in [0.05, 0.1) is 12.6 Å². The summed E-state index contributed by atoms with van der Waals surface area (Å²) in [4.78, 5) is 173. The smallest absolute Gasteiger partial charge is 0.246 e. The van der Waals surface area contributed by atoms with Crippen LogP contribution in [0.4, 0.5) is 0 Å². The van der Waals surface area contributed by atoms with Crippen molar-refractivity contribution < 1.29 is 57.8 Å². The molecule has 12 atom stereocenters. The lowest BCUT2D eigenvalue weighted by Gasteiger charge is -2.41. The van der Waals surface area contributed by atoms with Gasteiger partial charge >= 0.3 is 0 Å². The molecule has 24 nitrogen and oxygen atoms in total. The fourth-order valence-corrected chi connectivity index (χ4v) is 11.0. The zero-order valence-electron chi connectivity index (χ0n) is 58.1. The van der Waals surface area contributed by atoms with Gasteiger partial charge in [-0.2, -0.15) is 0 Å². The lowest BCUT2D eigenvalue weighted by atomic mass is 9.91. The van der Waals surface area contributed by atoms with Crippen molar-refractivity contribution in [1.82, 2.24) is 55.6 Å². The van der Waals surface area contributed by atoms with E-state index in [0.717, 1.165) is 9.80 Å². The molecule has 0 aromatic rings. The Morgan fingerprint density at radius 1 is 0.494 bits per heavy atom. The summed E-state index contributed by atoms with van der Waals surface area (Å²) in [6.45, 7) is 34.9. The molecular formula is C65H114N12O12. The zero-order valence-corrected chi connectivity index (χ0v) is 58.1. The number of nitrogens with zero attached hydrogens (tertiary/aromatic N) is 8. The highest BCUT2D eigenvalue weighted by molar-refractivity contribution is 5.99. The fourth-order valence-electron chi connectivity index (χ4n) is 11.0. The molecule has 0 unspecified atom stereocenters. The van der Waals surface area contributed by atoms with Gasteiger partial charge in [-0.15, -0.1) is 0 Å². The van der Waals surface area contributed by atoms with Gasteiger partial charge in [-0.1, -0.05) is 109 Å². The van der Waals surface area contributed by atoms with Crippen LogP contribution in [-0.4, -0.2) is 233 Å². The van der Waals surface area contributed by atoms with Crippen LogP contribution in [0.5, 0.6) is 0 Å². The second kappa shape index (κ2) is 37.5. The molecule has 11 amide bonds. The monoisotopic (exact) mass is 1250 g/mol. The quantitative estimate of drug-likeness (QED) is 0.0742. The highest BCUT2D eigenvalue weighted by Gasteiger charge is 2.46. The van der Waals surface area contributed by atoms with Crippen LogP contribution in [0.1, 0.15) is 162 Å². The lowest BCUT2D eigenvalue weighted by Crippen LogP contribution is -2.63. The second-order valence-corrected chi connectivity index (χ2v) is 27.0. The predicted octanol–water partition coefficient (Wildman–Crippen LogP) is 3.95. The van der Waals surface area contributed by atoms with Crippen LogP contribution >= 0.6 is 0 Å². The van der Waals surface area contributed by atoms with E-state index in [2.05, 4.69) is 26.1 Å². The summed E-state index contributed by atoms with van der Waals surface area (Å²) in [6, 6.07) is -12.5. The molecule has 1 rings (SSSR count). The Morgan fingerprint density at radius 3 is 1.40 bits per heavy atom. The van der Waals surface area contributed by atoms with E-state index in [0.29, 0.717) is 19.4 Å². The molecule has 1 saturated heterocycles. The number of likely N-dealkylation sites (N-methyl/N-ethyl adjacent to an activating group) is 7. The number of aliphatic hydroxyl groups is 1. The number of amides is 11. The Labute approximate surface area is 532 Å². The SMILES string of the molecule is [C-]#[N+]CCC/C=C/C[C@@H](C)[C@@H](O)[C@H]1C(=O)N[C@@H](CC)C(=O)N(C)CC(=O)N(C)[C@@H](CC(C)C)C(=O)N[C@@H](C(C)C)C(=O)N(C)[C@@H](CC(C)C)C(=O)N[C@@H](C)C(=O)N[C@H](C)C(=O)N(C)[C@@H](CC(C)C)C(=O)N(C)[C@@H](CC(C)C)C(=O)N(C)[C@@H](C(C)C)C(=O)N1C. The average Bonchev–Trinajstić information content (AvgIpc) is 0.956. The molecule has 89 heavy (non-hydrogen) atoms. The van der Waals surface area contributed by atoms with E-state index in [1.165, 1.54) is 87.7 Å². The number of hydrogen-bond acceptors (Lipinski definition) is 12. The van der Waals surface area contributed by atoms with E-state index in [-0.39, 0.29) is 62.2 Å². The van der Waals surface area contributed by atoms with Crippen molar-refractivity contribution >= 4 is 65.0 Å². The molecule has 506 valence electrons. The highest BCUT2D eigenvalue weighted by Crippen LogP contribution is 2.26. The van der Waals surface area contributed by atoms with Gasteiger partial charge in [0.25, 0.3) is 0 Å². The second-order valence-electron chi connectivity index (χ2n) is 27.0. The average molecular weight is 1260 g/mol. The minimum absolute atomic E-state index is 0.00379. The van der Waals surface area contributed by atoms with Gasteiger partial charge in [-0.25, -0.2) is 6.57 Å². The summed E-state index contributed by atoms with van der Waals surface area (Å²) in [6.07, 6.45) is 4.21. The Hall–Kier alpha value is -6.64. The Morgan fingerprint density at radius 2 is 0.933 bits per heavy atom. The highest BCUT2D eigenvalue weighted by atomic mass is 16.3. The van der Waals surface area contributed by atoms with Crippen molar-refractivity contribution in [3.63, 3.8) is 0 Å². The maximum atomic E-state index is 15.3. The number of carbonyl (C=O) groups is 11. The third kappa shape index (κ3) is 23.6. The summed E-state index contributed by atoms with van der Waals surface area (Å²) < 4.78 is 0. The van der Waals surface area contributed by atoms with Crippen LogP contribution < -0.4 is 21.3 Å². The third-order valence-electron chi connectivity index (χ3n) is 16.6. The first-order valence-electron chi connectivity index (χ1n) is 31.9. The van der Waals surface area contributed by atoms with Gasteiger partial charge in [0, 0.05) is 55.8 Å². The molecule has 0 bridgehead atoms. The number of unbranched alkanes of at least 4 members (excludes halogenated alkanes) is 1. The maximum absolute atomic E-state index is 15.3. The molecule has 1 aliphatic rings. The summed E-state index contributed by atoms with van der Waals surface area (Å²) in [5.74, 6) is -9.97. The number of aliphatic hydroxyl groups excluding tert-OH is 1. The molecule has 0 aromatic carbocycles. The first-order valence-corrected chi connectivity index (χ1v) is 31.9. The molecule has 0 saturated carbocycles. The van der Waals surface area contributed by atoms with E-state index in [1.807, 2.05) is 67.5 Å². The number of allylic oxidation sites excluding steroid dienone is 2. The third-order valence-corrected chi connectivity index (χ3v) is 16.6. The number of rotatable bonds is 18. The normalized spacial score (nSPS) is 26.1. The molecule has 0 radical (unpaired) electrons. The molecule has 0 aliphatic carbocycles. The first kappa shape index (κ1) is 80.4. The predicted molar refractivity (Wildman–Crippen MR) is 343 cm³/mol. The van der Waals surface area contributed by atoms with E-state index >= 15 is 14.4 Å². The molecule has 5 N–H and O–H groups in total. The van der Waals surface area contributed by atoms with Gasteiger partial charge in [0.1, 0.15) is 60.4 Å². The van der Waals surface area contributed by atoms with Crippen molar-refractivity contribution in [3.05, 3.63) is 23.6 Å². The van der Waals surface area contributed by atoms with Gasteiger partial charge in [0.15, 0.2) is 0 Å². The van der Waals surface area contributed by atoms with Crippen molar-refractivity contribution in [1.29, 1.82) is 0 Å². The van der Waals surface area contributed by atoms with E-state index < -0.39 is 156 Å². The summed E-state index contributed by atoms with van der Waals surface area (Å²) >= 11 is 0. The minimum atomic E-state index is -1.65. The molecular weight excluding hydrogens is 1140 g/mol. The van der Waals surface area contributed by atoms with Crippen LogP contribution in [0.15, 0.2) is 12.2 Å². The summed E-state index contributed by atoms with van der Waals surface area (Å²) in [5.41, 5.74) is 0. The summed E-state index contributed by atoms with van der Waals surface area (Å²) in [5, 5.41) is 23.2. The van der Waals surface area contributed by atoms with Crippen molar-refractivity contribution in [2.75, 3.05) is 62.4 Å². The molecule has 1 aliphatic heterocycles. The van der Waals surface area contributed by atoms with E-state index in [9.17, 15) is 43.5 Å².